The van der Waals surface area contributed by atoms with E-state index in [2.05, 4.69) is 59.8 Å². The topological polar surface area (TPSA) is 119 Å². The summed E-state index contributed by atoms with van der Waals surface area (Å²) in [6.07, 6.45) is 8.00. The van der Waals surface area contributed by atoms with E-state index in [4.69, 9.17) is 11.6 Å². The van der Waals surface area contributed by atoms with Gasteiger partial charge in [0, 0.05) is 65.3 Å². The van der Waals surface area contributed by atoms with E-state index in [1.165, 1.54) is 18.1 Å². The van der Waals surface area contributed by atoms with Gasteiger partial charge in [-0.3, -0.25) is 0 Å². The molecule has 5 aromatic rings. The monoisotopic (exact) mass is 556 g/mol. The molecule has 0 amide bonds. The smallest absolute Gasteiger partial charge is 0.345 e. The highest BCUT2D eigenvalue weighted by Gasteiger charge is 2.20. The Morgan fingerprint density at radius 3 is 2.78 bits per heavy atom. The fourth-order valence-electron chi connectivity index (χ4n) is 3.99. The van der Waals surface area contributed by atoms with Crippen LogP contribution in [0.5, 0.6) is 0 Å². The Balaban J connectivity index is 1.28. The summed E-state index contributed by atoms with van der Waals surface area (Å²) in [5.41, 5.74) is 4.45. The molecule has 3 heterocycles. The number of hydrogen-bond acceptors (Lipinski definition) is 8. The van der Waals surface area contributed by atoms with E-state index in [0.717, 1.165) is 52.1 Å². The average molecular weight is 557 g/mol. The van der Waals surface area contributed by atoms with Crippen molar-refractivity contribution < 1.29 is 8.42 Å². The lowest BCUT2D eigenvalue weighted by Gasteiger charge is -2.15. The summed E-state index contributed by atoms with van der Waals surface area (Å²) < 4.78 is 35.0. The van der Waals surface area contributed by atoms with Crippen LogP contribution in [0.1, 0.15) is 17.5 Å². The third-order valence-electron chi connectivity index (χ3n) is 5.73. The van der Waals surface area contributed by atoms with Crippen molar-refractivity contribution >= 4 is 60.8 Å². The van der Waals surface area contributed by atoms with E-state index in [1.807, 2.05) is 24.3 Å². The number of benzene rings is 2. The standard InChI is InChI=1S/C24H25ClN8O2S2/c1-17-8-11-32(15-17)10-3-9-26-22-12-19(25)7-6-18(22)13-27-21-4-2-5-23-20(21)14-29-33(23)37(34,35)31-24-28-16-30-36-24/h2,4-8,11-12,14-16,26-27H,3,9-10,13H2,1H3,(H,28,30,31). The third kappa shape index (κ3) is 5.87. The molecule has 0 aliphatic heterocycles. The fourth-order valence-corrected chi connectivity index (χ4v) is 5.86. The van der Waals surface area contributed by atoms with Gasteiger partial charge in [-0.25, -0.2) is 9.71 Å². The van der Waals surface area contributed by atoms with Gasteiger partial charge in [-0.2, -0.15) is 17.9 Å². The zero-order chi connectivity index (χ0) is 25.8. The highest BCUT2D eigenvalue weighted by atomic mass is 35.5. The summed E-state index contributed by atoms with van der Waals surface area (Å²) in [5, 5.41) is 12.5. The molecule has 0 unspecified atom stereocenters. The second kappa shape index (κ2) is 10.8. The van der Waals surface area contributed by atoms with Gasteiger partial charge in [0.15, 0.2) is 0 Å². The maximum absolute atomic E-state index is 12.8. The molecule has 0 bridgehead atoms. The number of aromatic nitrogens is 5. The van der Waals surface area contributed by atoms with Gasteiger partial charge in [-0.15, -0.1) is 4.09 Å². The van der Waals surface area contributed by atoms with Crippen LogP contribution >= 0.6 is 23.1 Å². The molecular formula is C24H25ClN8O2S2. The summed E-state index contributed by atoms with van der Waals surface area (Å²) >= 11 is 7.22. The van der Waals surface area contributed by atoms with E-state index < -0.39 is 10.2 Å². The maximum atomic E-state index is 12.8. The molecule has 0 aliphatic carbocycles. The Morgan fingerprint density at radius 1 is 1.11 bits per heavy atom. The minimum absolute atomic E-state index is 0.171. The molecule has 37 heavy (non-hydrogen) atoms. The zero-order valence-corrected chi connectivity index (χ0v) is 22.3. The van der Waals surface area contributed by atoms with Crippen molar-refractivity contribution in [1.82, 2.24) is 23.1 Å². The van der Waals surface area contributed by atoms with Gasteiger partial charge in [-0.1, -0.05) is 23.7 Å². The van der Waals surface area contributed by atoms with Crippen molar-refractivity contribution in [2.45, 2.75) is 26.4 Å². The molecule has 0 aliphatic rings. The second-order valence-electron chi connectivity index (χ2n) is 8.44. The minimum Gasteiger partial charge on any atom is -0.385 e. The molecule has 13 heteroatoms. The highest BCUT2D eigenvalue weighted by Crippen LogP contribution is 2.27. The number of fused-ring (bicyclic) bond motifs is 1. The fraction of sp³-hybridized carbons (Fsp3) is 0.208. The SMILES string of the molecule is Cc1ccn(CCCNc2cc(Cl)ccc2CNc2cccc3c2cnn3S(=O)(=O)Nc2ncns2)c1. The first-order valence-electron chi connectivity index (χ1n) is 11.5. The number of hydrogen-bond donors (Lipinski definition) is 3. The Hall–Kier alpha value is -3.61. The lowest BCUT2D eigenvalue weighted by atomic mass is 10.1. The predicted octanol–water partition coefficient (Wildman–Crippen LogP) is 4.97. The number of nitrogens with zero attached hydrogens (tertiary/aromatic N) is 5. The van der Waals surface area contributed by atoms with E-state index in [9.17, 15) is 8.42 Å². The van der Waals surface area contributed by atoms with Crippen LogP contribution in [-0.4, -0.2) is 38.1 Å². The highest BCUT2D eigenvalue weighted by molar-refractivity contribution is 7.91. The number of nitrogens with one attached hydrogen (secondary N) is 3. The summed E-state index contributed by atoms with van der Waals surface area (Å²) in [6, 6.07) is 13.2. The lowest BCUT2D eigenvalue weighted by Crippen LogP contribution is -2.22. The van der Waals surface area contributed by atoms with Crippen molar-refractivity contribution in [3.05, 3.63) is 83.5 Å². The minimum atomic E-state index is -3.98. The van der Waals surface area contributed by atoms with Gasteiger partial charge >= 0.3 is 10.2 Å². The van der Waals surface area contributed by atoms with Gasteiger partial charge in [0.25, 0.3) is 0 Å². The summed E-state index contributed by atoms with van der Waals surface area (Å²) in [7, 11) is -3.98. The second-order valence-corrected chi connectivity index (χ2v) is 11.2. The van der Waals surface area contributed by atoms with Crippen molar-refractivity contribution in [1.29, 1.82) is 0 Å². The molecule has 192 valence electrons. The van der Waals surface area contributed by atoms with Crippen LogP contribution in [-0.2, 0) is 23.3 Å². The van der Waals surface area contributed by atoms with Gasteiger partial charge in [0.2, 0.25) is 5.13 Å². The summed E-state index contributed by atoms with van der Waals surface area (Å²) in [6.45, 7) is 4.32. The molecule has 10 nitrogen and oxygen atoms in total. The van der Waals surface area contributed by atoms with E-state index in [0.29, 0.717) is 22.5 Å². The van der Waals surface area contributed by atoms with Gasteiger partial charge < -0.3 is 15.2 Å². The van der Waals surface area contributed by atoms with Crippen LogP contribution in [0.3, 0.4) is 0 Å². The van der Waals surface area contributed by atoms with Crippen LogP contribution in [0, 0.1) is 6.92 Å². The molecule has 0 saturated heterocycles. The van der Waals surface area contributed by atoms with Crippen molar-refractivity contribution in [3.63, 3.8) is 0 Å². The van der Waals surface area contributed by atoms with E-state index >= 15 is 0 Å². The quantitative estimate of drug-likeness (QED) is 0.196. The molecule has 2 aromatic carbocycles. The summed E-state index contributed by atoms with van der Waals surface area (Å²) in [5.74, 6) is 0. The maximum Gasteiger partial charge on any atom is 0.345 e. The molecule has 0 spiro atoms. The predicted molar refractivity (Wildman–Crippen MR) is 149 cm³/mol. The number of aryl methyl sites for hydroxylation is 2. The average Bonchev–Trinajstić information content (AvgIpc) is 3.62. The van der Waals surface area contributed by atoms with Crippen molar-refractivity contribution in [2.24, 2.45) is 0 Å². The molecular weight excluding hydrogens is 532 g/mol. The number of rotatable bonds is 11. The largest absolute Gasteiger partial charge is 0.385 e. The first-order valence-corrected chi connectivity index (χ1v) is 14.1. The first kappa shape index (κ1) is 25.1. The van der Waals surface area contributed by atoms with Crippen LogP contribution in [0.2, 0.25) is 5.02 Å². The number of halogens is 1. The first-order chi connectivity index (χ1) is 17.9. The van der Waals surface area contributed by atoms with E-state index in [-0.39, 0.29) is 5.13 Å². The molecule has 5 rings (SSSR count). The molecule has 3 N–H and O–H groups in total. The summed E-state index contributed by atoms with van der Waals surface area (Å²) in [4.78, 5) is 3.88. The van der Waals surface area contributed by atoms with Gasteiger partial charge in [0.1, 0.15) is 6.33 Å². The zero-order valence-electron chi connectivity index (χ0n) is 19.9. The van der Waals surface area contributed by atoms with Crippen molar-refractivity contribution in [2.75, 3.05) is 21.9 Å². The van der Waals surface area contributed by atoms with Crippen LogP contribution < -0.4 is 15.4 Å². The molecule has 0 saturated carbocycles. The molecule has 0 atom stereocenters. The molecule has 3 aromatic heterocycles. The Kier molecular flexibility index (Phi) is 7.31. The van der Waals surface area contributed by atoms with Gasteiger partial charge in [-0.05, 0) is 54.8 Å². The normalized spacial score (nSPS) is 11.6. The third-order valence-corrected chi connectivity index (χ3v) is 7.88. The number of anilines is 3. The Labute approximate surface area is 223 Å². The Bertz CT molecular complexity index is 1610. The Morgan fingerprint density at radius 2 is 2.00 bits per heavy atom. The molecule has 0 radical (unpaired) electrons. The van der Waals surface area contributed by atoms with Gasteiger partial charge in [0.05, 0.1) is 11.7 Å². The van der Waals surface area contributed by atoms with Crippen LogP contribution in [0.4, 0.5) is 16.5 Å². The van der Waals surface area contributed by atoms with Crippen LogP contribution in [0.25, 0.3) is 10.9 Å². The van der Waals surface area contributed by atoms with Crippen LogP contribution in [0.15, 0.2) is 67.4 Å². The van der Waals surface area contributed by atoms with E-state index in [1.54, 1.807) is 12.1 Å². The lowest BCUT2D eigenvalue weighted by molar-refractivity contribution is 0.588. The molecule has 0 fully saturated rings. The van der Waals surface area contributed by atoms with Crippen molar-refractivity contribution in [3.8, 4) is 0 Å².